The minimum Gasteiger partial charge on any atom is -0.449 e. The highest BCUT2D eigenvalue weighted by atomic mass is 16.5. The van der Waals surface area contributed by atoms with Crippen LogP contribution in [0.2, 0.25) is 0 Å². The number of hydrogen-bond acceptors (Lipinski definition) is 3. The van der Waals surface area contributed by atoms with Gasteiger partial charge in [-0.2, -0.15) is 0 Å². The number of benzene rings is 2. The zero-order valence-electron chi connectivity index (χ0n) is 13.2. The normalized spacial score (nSPS) is 13.1. The quantitative estimate of drug-likeness (QED) is 0.879. The number of aldehydes is 1. The monoisotopic (exact) mass is 309 g/mol. The molecule has 0 radical (unpaired) electrons. The topological polar surface area (TPSA) is 55.4 Å². The lowest BCUT2D eigenvalue weighted by Gasteiger charge is -2.20. The van der Waals surface area contributed by atoms with Gasteiger partial charge in [0.2, 0.25) is 0 Å². The van der Waals surface area contributed by atoms with E-state index in [1.165, 1.54) is 11.1 Å². The maximum Gasteiger partial charge on any atom is 0.407 e. The second-order valence-electron chi connectivity index (χ2n) is 6.29. The van der Waals surface area contributed by atoms with Crippen LogP contribution in [0.3, 0.4) is 0 Å². The fourth-order valence-electron chi connectivity index (χ4n) is 2.93. The molecule has 0 spiro atoms. The maximum absolute atomic E-state index is 11.9. The molecule has 1 aliphatic carbocycles. The number of ether oxygens (including phenoxy) is 1. The van der Waals surface area contributed by atoms with E-state index in [0.29, 0.717) is 6.29 Å². The molecule has 0 saturated carbocycles. The summed E-state index contributed by atoms with van der Waals surface area (Å²) >= 11 is 0. The Bertz CT molecular complexity index is 706. The molecule has 2 aromatic rings. The fourth-order valence-corrected chi connectivity index (χ4v) is 2.93. The number of hydrogen-bond donors (Lipinski definition) is 1. The van der Waals surface area contributed by atoms with Crippen LogP contribution in [0.4, 0.5) is 4.79 Å². The summed E-state index contributed by atoms with van der Waals surface area (Å²) in [5.41, 5.74) is 3.77. The third-order valence-corrected chi connectivity index (χ3v) is 4.06. The van der Waals surface area contributed by atoms with Gasteiger partial charge in [-0.15, -0.1) is 0 Å². The lowest BCUT2D eigenvalue weighted by Crippen LogP contribution is -2.45. The Kier molecular flexibility index (Phi) is 3.90. The first-order chi connectivity index (χ1) is 11.0. The van der Waals surface area contributed by atoms with Crippen molar-refractivity contribution in [3.05, 3.63) is 59.7 Å². The second-order valence-corrected chi connectivity index (χ2v) is 6.29. The van der Waals surface area contributed by atoms with E-state index in [1.807, 2.05) is 24.3 Å². The van der Waals surface area contributed by atoms with E-state index in [-0.39, 0.29) is 12.5 Å². The molecule has 2 aromatic carbocycles. The van der Waals surface area contributed by atoms with Gasteiger partial charge >= 0.3 is 6.09 Å². The van der Waals surface area contributed by atoms with Crippen LogP contribution < -0.4 is 5.32 Å². The molecule has 3 rings (SSSR count). The van der Waals surface area contributed by atoms with Gasteiger partial charge in [-0.1, -0.05) is 48.5 Å². The van der Waals surface area contributed by atoms with Gasteiger partial charge in [-0.25, -0.2) is 4.79 Å². The van der Waals surface area contributed by atoms with E-state index in [2.05, 4.69) is 29.6 Å². The summed E-state index contributed by atoms with van der Waals surface area (Å²) in [5, 5.41) is 2.55. The van der Waals surface area contributed by atoms with Crippen molar-refractivity contribution in [2.75, 3.05) is 6.61 Å². The highest BCUT2D eigenvalue weighted by Crippen LogP contribution is 2.44. The molecule has 1 amide bonds. The molecule has 0 atom stereocenters. The van der Waals surface area contributed by atoms with Gasteiger partial charge in [0.05, 0.1) is 5.54 Å². The number of alkyl carbamates (subject to hydrolysis) is 1. The van der Waals surface area contributed by atoms with Crippen LogP contribution in [-0.4, -0.2) is 24.5 Å². The first kappa shape index (κ1) is 15.3. The Morgan fingerprint density at radius 2 is 1.61 bits per heavy atom. The fraction of sp³-hybridized carbons (Fsp3) is 0.263. The van der Waals surface area contributed by atoms with Crippen molar-refractivity contribution in [1.29, 1.82) is 0 Å². The average molecular weight is 309 g/mol. The third kappa shape index (κ3) is 2.97. The van der Waals surface area contributed by atoms with E-state index in [0.717, 1.165) is 11.1 Å². The Morgan fingerprint density at radius 1 is 1.09 bits per heavy atom. The SMILES string of the molecule is CC(C)(C=O)NC(=O)OCC1c2ccccc2-c2ccccc21. The molecule has 0 heterocycles. The summed E-state index contributed by atoms with van der Waals surface area (Å²) in [6.45, 7) is 3.50. The highest BCUT2D eigenvalue weighted by Gasteiger charge is 2.29. The van der Waals surface area contributed by atoms with Gasteiger partial charge in [-0.05, 0) is 36.1 Å². The largest absolute Gasteiger partial charge is 0.449 e. The van der Waals surface area contributed by atoms with Crippen molar-refractivity contribution in [3.63, 3.8) is 0 Å². The van der Waals surface area contributed by atoms with E-state index >= 15 is 0 Å². The summed E-state index contributed by atoms with van der Waals surface area (Å²) in [7, 11) is 0. The first-order valence-electron chi connectivity index (χ1n) is 7.61. The zero-order valence-corrected chi connectivity index (χ0v) is 13.2. The van der Waals surface area contributed by atoms with Crippen LogP contribution in [0.25, 0.3) is 11.1 Å². The number of carbonyl (C=O) groups excluding carboxylic acids is 2. The van der Waals surface area contributed by atoms with Crippen LogP contribution in [0.15, 0.2) is 48.5 Å². The van der Waals surface area contributed by atoms with Crippen LogP contribution in [-0.2, 0) is 9.53 Å². The molecule has 0 aliphatic heterocycles. The predicted molar refractivity (Wildman–Crippen MR) is 88.3 cm³/mol. The molecular formula is C19H19NO3. The van der Waals surface area contributed by atoms with Gasteiger partial charge in [0.25, 0.3) is 0 Å². The van der Waals surface area contributed by atoms with Gasteiger partial charge in [-0.3, -0.25) is 0 Å². The van der Waals surface area contributed by atoms with E-state index in [1.54, 1.807) is 13.8 Å². The summed E-state index contributed by atoms with van der Waals surface area (Å²) in [5.74, 6) is 0.0208. The molecule has 0 bridgehead atoms. The number of rotatable bonds is 4. The molecule has 118 valence electrons. The van der Waals surface area contributed by atoms with Crippen LogP contribution in [0, 0.1) is 0 Å². The van der Waals surface area contributed by atoms with E-state index in [4.69, 9.17) is 4.74 Å². The molecular weight excluding hydrogens is 290 g/mol. The molecule has 4 nitrogen and oxygen atoms in total. The molecule has 0 saturated heterocycles. The van der Waals surface area contributed by atoms with Crippen molar-refractivity contribution in [1.82, 2.24) is 5.32 Å². The second kappa shape index (κ2) is 5.88. The van der Waals surface area contributed by atoms with E-state index in [9.17, 15) is 9.59 Å². The Labute approximate surface area is 135 Å². The minimum absolute atomic E-state index is 0.0208. The molecule has 1 N–H and O–H groups in total. The molecule has 0 unspecified atom stereocenters. The molecule has 4 heteroatoms. The van der Waals surface area contributed by atoms with Crippen molar-refractivity contribution < 1.29 is 14.3 Å². The van der Waals surface area contributed by atoms with Crippen molar-refractivity contribution in [2.24, 2.45) is 0 Å². The predicted octanol–water partition coefficient (Wildman–Crippen LogP) is 3.50. The van der Waals surface area contributed by atoms with Gasteiger partial charge in [0.1, 0.15) is 12.9 Å². The number of fused-ring (bicyclic) bond motifs is 3. The molecule has 23 heavy (non-hydrogen) atoms. The third-order valence-electron chi connectivity index (χ3n) is 4.06. The maximum atomic E-state index is 11.9. The number of nitrogens with one attached hydrogen (secondary N) is 1. The standard InChI is InChI=1S/C19H19NO3/c1-19(2,12-21)20-18(22)23-11-17-15-9-5-3-7-13(15)14-8-4-6-10-16(14)17/h3-10,12,17H,11H2,1-2H3,(H,20,22). The number of carbonyl (C=O) groups is 2. The van der Waals surface area contributed by atoms with Crippen molar-refractivity contribution >= 4 is 12.4 Å². The Balaban J connectivity index is 1.78. The lowest BCUT2D eigenvalue weighted by molar-refractivity contribution is -0.112. The van der Waals surface area contributed by atoms with Crippen molar-refractivity contribution in [3.8, 4) is 11.1 Å². The first-order valence-corrected chi connectivity index (χ1v) is 7.61. The molecule has 0 fully saturated rings. The summed E-state index contributed by atoms with van der Waals surface area (Å²) in [6, 6.07) is 16.3. The average Bonchev–Trinajstić information content (AvgIpc) is 2.87. The summed E-state index contributed by atoms with van der Waals surface area (Å²) in [6.07, 6.45) is 0.109. The van der Waals surface area contributed by atoms with Gasteiger partial charge in [0.15, 0.2) is 0 Å². The van der Waals surface area contributed by atoms with Gasteiger partial charge < -0.3 is 14.8 Å². The Hall–Kier alpha value is -2.62. The van der Waals surface area contributed by atoms with Gasteiger partial charge in [0, 0.05) is 5.92 Å². The molecule has 1 aliphatic rings. The smallest absolute Gasteiger partial charge is 0.407 e. The Morgan fingerprint density at radius 3 is 2.13 bits per heavy atom. The van der Waals surface area contributed by atoms with Crippen molar-refractivity contribution in [2.45, 2.75) is 25.3 Å². The van der Waals surface area contributed by atoms with Crippen LogP contribution in [0.1, 0.15) is 30.9 Å². The summed E-state index contributed by atoms with van der Waals surface area (Å²) < 4.78 is 5.37. The number of amides is 1. The summed E-state index contributed by atoms with van der Waals surface area (Å²) in [4.78, 5) is 22.8. The lowest BCUT2D eigenvalue weighted by atomic mass is 9.98. The molecule has 0 aromatic heterocycles. The van der Waals surface area contributed by atoms with Crippen LogP contribution >= 0.6 is 0 Å². The zero-order chi connectivity index (χ0) is 16.4. The minimum atomic E-state index is -0.928. The van der Waals surface area contributed by atoms with E-state index < -0.39 is 11.6 Å². The highest BCUT2D eigenvalue weighted by molar-refractivity contribution is 5.79. The van der Waals surface area contributed by atoms with Crippen LogP contribution in [0.5, 0.6) is 0 Å².